The van der Waals surface area contributed by atoms with Crippen molar-refractivity contribution in [1.82, 2.24) is 5.32 Å². The van der Waals surface area contributed by atoms with Crippen molar-refractivity contribution in [2.45, 2.75) is 238 Å². The molecule has 0 aromatic heterocycles. The summed E-state index contributed by atoms with van der Waals surface area (Å²) in [6.07, 6.45) is 48.8. The smallest absolute Gasteiger partial charge is 0.306 e. The minimum atomic E-state index is -0.795. The molecule has 0 aliphatic carbocycles. The number of ether oxygens (including phenoxy) is 1. The van der Waals surface area contributed by atoms with E-state index in [9.17, 15) is 19.8 Å². The van der Waals surface area contributed by atoms with E-state index in [1.807, 2.05) is 6.08 Å². The van der Waals surface area contributed by atoms with E-state index >= 15 is 0 Å². The molecule has 314 valence electrons. The van der Waals surface area contributed by atoms with Crippen molar-refractivity contribution in [3.8, 4) is 0 Å². The lowest BCUT2D eigenvalue weighted by atomic mass is 10.0. The predicted molar refractivity (Wildman–Crippen MR) is 232 cm³/mol. The molecule has 0 spiro atoms. The molecule has 0 radical (unpaired) electrons. The summed E-state index contributed by atoms with van der Waals surface area (Å²) in [6.45, 7) is 6.39. The van der Waals surface area contributed by atoms with Gasteiger partial charge in [0.05, 0.1) is 25.2 Å². The van der Waals surface area contributed by atoms with Gasteiger partial charge < -0.3 is 20.3 Å². The van der Waals surface area contributed by atoms with Crippen LogP contribution in [0.3, 0.4) is 0 Å². The number of carbonyl (C=O) groups excluding carboxylic acids is 2. The van der Waals surface area contributed by atoms with Crippen LogP contribution in [0.15, 0.2) is 48.6 Å². The van der Waals surface area contributed by atoms with Crippen molar-refractivity contribution < 1.29 is 24.5 Å². The number of aliphatic hydroxyl groups excluding tert-OH is 2. The molecule has 0 saturated carbocycles. The topological polar surface area (TPSA) is 95.9 Å². The summed E-state index contributed by atoms with van der Waals surface area (Å²) < 4.78 is 5.87. The Labute approximate surface area is 334 Å². The van der Waals surface area contributed by atoms with Crippen molar-refractivity contribution in [2.75, 3.05) is 6.61 Å². The van der Waals surface area contributed by atoms with Gasteiger partial charge in [-0.1, -0.05) is 204 Å². The van der Waals surface area contributed by atoms with Gasteiger partial charge in [0, 0.05) is 6.42 Å². The van der Waals surface area contributed by atoms with E-state index in [0.717, 1.165) is 70.6 Å². The highest BCUT2D eigenvalue weighted by Crippen LogP contribution is 2.17. The largest absolute Gasteiger partial charge is 0.462 e. The third-order valence-corrected chi connectivity index (χ3v) is 10.3. The van der Waals surface area contributed by atoms with Gasteiger partial charge in [0.15, 0.2) is 0 Å². The summed E-state index contributed by atoms with van der Waals surface area (Å²) in [5.41, 5.74) is 0. The van der Waals surface area contributed by atoms with Crippen LogP contribution in [-0.4, -0.2) is 46.9 Å². The molecule has 0 heterocycles. The highest BCUT2D eigenvalue weighted by molar-refractivity contribution is 5.77. The first-order valence-corrected chi connectivity index (χ1v) is 22.9. The summed E-state index contributed by atoms with van der Waals surface area (Å²) in [5.74, 6) is -0.515. The molecule has 3 unspecified atom stereocenters. The van der Waals surface area contributed by atoms with Gasteiger partial charge in [0.25, 0.3) is 0 Å². The average Bonchev–Trinajstić information content (AvgIpc) is 3.16. The van der Waals surface area contributed by atoms with E-state index < -0.39 is 18.2 Å². The number of allylic oxidation sites excluding steroid dienone is 8. The summed E-state index contributed by atoms with van der Waals surface area (Å²) in [7, 11) is 0. The molecular weight excluding hydrogens is 671 g/mol. The number of aliphatic hydroxyl groups is 2. The molecule has 54 heavy (non-hydrogen) atoms. The maximum Gasteiger partial charge on any atom is 0.306 e. The molecule has 0 bridgehead atoms. The van der Waals surface area contributed by atoms with Gasteiger partial charge in [-0.3, -0.25) is 9.59 Å². The fourth-order valence-electron chi connectivity index (χ4n) is 6.73. The number of hydrogen-bond acceptors (Lipinski definition) is 5. The molecule has 1 amide bonds. The molecule has 0 aliphatic heterocycles. The Kier molecular flexibility index (Phi) is 40.3. The van der Waals surface area contributed by atoms with Gasteiger partial charge in [0.2, 0.25) is 5.91 Å². The zero-order valence-corrected chi connectivity index (χ0v) is 35.6. The van der Waals surface area contributed by atoms with E-state index in [2.05, 4.69) is 68.6 Å². The van der Waals surface area contributed by atoms with E-state index in [-0.39, 0.29) is 24.9 Å². The molecule has 3 N–H and O–H groups in total. The maximum atomic E-state index is 13.1. The van der Waals surface area contributed by atoms with E-state index in [4.69, 9.17) is 4.74 Å². The van der Waals surface area contributed by atoms with Crippen molar-refractivity contribution in [1.29, 1.82) is 0 Å². The maximum absolute atomic E-state index is 13.1. The van der Waals surface area contributed by atoms with Gasteiger partial charge in [-0.15, -0.1) is 0 Å². The zero-order valence-electron chi connectivity index (χ0n) is 35.6. The van der Waals surface area contributed by atoms with E-state index in [0.29, 0.717) is 19.3 Å². The fourth-order valence-corrected chi connectivity index (χ4v) is 6.73. The number of unbranched alkanes of at least 4 members (excludes halogenated alkanes) is 23. The van der Waals surface area contributed by atoms with Crippen LogP contribution in [0, 0.1) is 0 Å². The second kappa shape index (κ2) is 42.0. The second-order valence-corrected chi connectivity index (χ2v) is 15.5. The Morgan fingerprint density at radius 3 is 1.46 bits per heavy atom. The lowest BCUT2D eigenvalue weighted by molar-refractivity contribution is -0.151. The first kappa shape index (κ1) is 51.8. The van der Waals surface area contributed by atoms with Crippen molar-refractivity contribution in [2.24, 2.45) is 0 Å². The van der Waals surface area contributed by atoms with Crippen molar-refractivity contribution in [3.05, 3.63) is 48.6 Å². The molecule has 0 aliphatic rings. The van der Waals surface area contributed by atoms with Gasteiger partial charge in [0.1, 0.15) is 6.10 Å². The molecule has 3 atom stereocenters. The highest BCUT2D eigenvalue weighted by atomic mass is 16.5. The molecule has 0 saturated heterocycles. The third-order valence-electron chi connectivity index (χ3n) is 10.3. The molecular formula is C48H87NO5. The Bertz CT molecular complexity index is 941. The predicted octanol–water partition coefficient (Wildman–Crippen LogP) is 13.1. The lowest BCUT2D eigenvalue weighted by Gasteiger charge is -2.24. The van der Waals surface area contributed by atoms with Crippen LogP contribution in [0.5, 0.6) is 0 Å². The van der Waals surface area contributed by atoms with Crippen LogP contribution in [0.1, 0.15) is 220 Å². The Morgan fingerprint density at radius 1 is 0.537 bits per heavy atom. The van der Waals surface area contributed by atoms with Crippen molar-refractivity contribution in [3.63, 3.8) is 0 Å². The van der Waals surface area contributed by atoms with Crippen LogP contribution < -0.4 is 5.32 Å². The molecule has 0 rings (SSSR count). The van der Waals surface area contributed by atoms with Crippen LogP contribution >= 0.6 is 0 Å². The summed E-state index contributed by atoms with van der Waals surface area (Å²) >= 11 is 0. The average molecular weight is 758 g/mol. The normalized spacial score (nSPS) is 13.8. The lowest BCUT2D eigenvalue weighted by Crippen LogP contribution is -2.46. The van der Waals surface area contributed by atoms with Crippen LogP contribution in [0.2, 0.25) is 0 Å². The number of hydrogen-bond donors (Lipinski definition) is 3. The first-order valence-electron chi connectivity index (χ1n) is 22.9. The number of carbonyl (C=O) groups is 2. The van der Waals surface area contributed by atoms with Crippen LogP contribution in [0.25, 0.3) is 0 Å². The highest BCUT2D eigenvalue weighted by Gasteiger charge is 2.24. The molecule has 0 aromatic rings. The summed E-state index contributed by atoms with van der Waals surface area (Å²) in [4.78, 5) is 25.9. The van der Waals surface area contributed by atoms with Crippen molar-refractivity contribution >= 4 is 11.9 Å². The quantitative estimate of drug-likeness (QED) is 0.0329. The third kappa shape index (κ3) is 36.8. The van der Waals surface area contributed by atoms with Gasteiger partial charge in [-0.05, 0) is 51.4 Å². The Morgan fingerprint density at radius 2 is 0.944 bits per heavy atom. The van der Waals surface area contributed by atoms with Gasteiger partial charge in [-0.2, -0.15) is 0 Å². The second-order valence-electron chi connectivity index (χ2n) is 15.5. The first-order chi connectivity index (χ1) is 26.5. The monoisotopic (exact) mass is 758 g/mol. The summed E-state index contributed by atoms with van der Waals surface area (Å²) in [5, 5.41) is 23.6. The molecule has 0 fully saturated rings. The van der Waals surface area contributed by atoms with E-state index in [1.165, 1.54) is 103 Å². The van der Waals surface area contributed by atoms with E-state index in [1.54, 1.807) is 0 Å². The number of esters is 1. The Hall–Kier alpha value is -2.18. The Balaban J connectivity index is 4.69. The minimum absolute atomic E-state index is 0.0527. The summed E-state index contributed by atoms with van der Waals surface area (Å²) in [6, 6.07) is -0.710. The van der Waals surface area contributed by atoms with Crippen LogP contribution in [0.4, 0.5) is 0 Å². The van der Waals surface area contributed by atoms with Gasteiger partial charge >= 0.3 is 5.97 Å². The van der Waals surface area contributed by atoms with Crippen LogP contribution in [-0.2, 0) is 14.3 Å². The number of amides is 1. The van der Waals surface area contributed by atoms with Gasteiger partial charge in [-0.25, -0.2) is 0 Å². The standard InChI is InChI=1S/C48H87NO5/c1-4-7-10-13-16-19-21-22-23-24-25-26-28-30-33-36-39-44(54-48(53)41-38-35-32-27-18-15-12-9-6-3)42-47(52)49-45(43-50)46(51)40-37-34-31-29-20-17-14-11-8-5-2/h16,19,21-26,44-46,50-51H,4-15,17-18,20,27-43H2,1-3H3,(H,49,52)/b19-16+,22-21+,24-23+,26-25+. The number of rotatable bonds is 40. The molecule has 6 heteroatoms. The molecule has 6 nitrogen and oxygen atoms in total. The fraction of sp³-hybridized carbons (Fsp3) is 0.792. The number of nitrogens with one attached hydrogen (secondary N) is 1. The zero-order chi connectivity index (χ0) is 39.6. The molecule has 0 aromatic carbocycles. The SMILES string of the molecule is CCCCC/C=C/C=C/C=C/C=C/CCCCCC(CC(=O)NC(CO)C(O)CCCCCCCCCCCC)OC(=O)CCCCCCCCCCC. The minimum Gasteiger partial charge on any atom is -0.462 e.